The predicted octanol–water partition coefficient (Wildman–Crippen LogP) is 3.83. The molecule has 0 aliphatic heterocycles. The van der Waals surface area contributed by atoms with E-state index in [-0.39, 0.29) is 0 Å². The maximum absolute atomic E-state index is 5.91. The van der Waals surface area contributed by atoms with Gasteiger partial charge in [-0.15, -0.1) is 11.6 Å². The molecule has 0 radical (unpaired) electrons. The van der Waals surface area contributed by atoms with Crippen LogP contribution in [0.5, 0.6) is 0 Å². The van der Waals surface area contributed by atoms with Crippen LogP contribution < -0.4 is 0 Å². The highest BCUT2D eigenvalue weighted by atomic mass is 35.5. The fourth-order valence-electron chi connectivity index (χ4n) is 3.22. The first-order valence-corrected chi connectivity index (χ1v) is 5.67. The third-order valence-corrected chi connectivity index (χ3v) is 4.28. The number of alkyl halides is 1. The van der Waals surface area contributed by atoms with E-state index in [1.807, 2.05) is 0 Å². The van der Waals surface area contributed by atoms with Crippen molar-refractivity contribution in [1.82, 2.24) is 0 Å². The number of hydrogen-bond acceptors (Lipinski definition) is 0. The average molecular weight is 187 g/mol. The molecule has 0 aromatic heterocycles. The van der Waals surface area contributed by atoms with Crippen molar-refractivity contribution in [1.29, 1.82) is 0 Å². The zero-order valence-electron chi connectivity index (χ0n) is 8.20. The first kappa shape index (κ1) is 8.87. The SMILES string of the molecule is CC1(C)CCCC2(CC2CCl)C1. The van der Waals surface area contributed by atoms with E-state index < -0.39 is 0 Å². The molecule has 1 spiro atoms. The van der Waals surface area contributed by atoms with Crippen molar-refractivity contribution in [3.8, 4) is 0 Å². The lowest BCUT2D eigenvalue weighted by molar-refractivity contribution is 0.155. The third-order valence-electron chi connectivity index (χ3n) is 3.90. The van der Waals surface area contributed by atoms with E-state index in [4.69, 9.17) is 11.6 Å². The van der Waals surface area contributed by atoms with Crippen molar-refractivity contribution in [2.24, 2.45) is 16.7 Å². The van der Waals surface area contributed by atoms with Crippen molar-refractivity contribution in [2.45, 2.75) is 46.0 Å². The van der Waals surface area contributed by atoms with Crippen LogP contribution in [0, 0.1) is 16.7 Å². The molecule has 0 amide bonds. The average Bonchev–Trinajstić information content (AvgIpc) is 2.60. The summed E-state index contributed by atoms with van der Waals surface area (Å²) < 4.78 is 0. The molecule has 0 aromatic carbocycles. The first-order valence-electron chi connectivity index (χ1n) is 5.14. The maximum Gasteiger partial charge on any atom is 0.0257 e. The summed E-state index contributed by atoms with van der Waals surface area (Å²) in [6.45, 7) is 4.83. The Bertz CT molecular complexity index is 185. The molecule has 0 aromatic rings. The highest BCUT2D eigenvalue weighted by Gasteiger charge is 2.56. The van der Waals surface area contributed by atoms with Gasteiger partial charge < -0.3 is 0 Å². The Morgan fingerprint density at radius 1 is 1.33 bits per heavy atom. The van der Waals surface area contributed by atoms with Gasteiger partial charge in [-0.1, -0.05) is 20.3 Å². The lowest BCUT2D eigenvalue weighted by atomic mass is 9.69. The van der Waals surface area contributed by atoms with E-state index >= 15 is 0 Å². The second-order valence-electron chi connectivity index (χ2n) is 5.61. The summed E-state index contributed by atoms with van der Waals surface area (Å²) >= 11 is 5.91. The minimum Gasteiger partial charge on any atom is -0.126 e. The van der Waals surface area contributed by atoms with Crippen LogP contribution in [0.4, 0.5) is 0 Å². The molecular weight excluding hydrogens is 168 g/mol. The molecule has 1 heteroatoms. The van der Waals surface area contributed by atoms with Crippen LogP contribution in [-0.4, -0.2) is 5.88 Å². The molecule has 2 fully saturated rings. The Hall–Kier alpha value is 0.290. The number of hydrogen-bond donors (Lipinski definition) is 0. The van der Waals surface area contributed by atoms with Gasteiger partial charge in [0.05, 0.1) is 0 Å². The largest absolute Gasteiger partial charge is 0.126 e. The summed E-state index contributed by atoms with van der Waals surface area (Å²) in [6, 6.07) is 0. The minimum atomic E-state index is 0.596. The predicted molar refractivity (Wildman–Crippen MR) is 53.5 cm³/mol. The Labute approximate surface area is 80.7 Å². The summed E-state index contributed by atoms with van der Waals surface area (Å²) in [6.07, 6.45) is 7.15. The van der Waals surface area contributed by atoms with Crippen LogP contribution in [0.15, 0.2) is 0 Å². The monoisotopic (exact) mass is 186 g/mol. The fourth-order valence-corrected chi connectivity index (χ4v) is 3.66. The van der Waals surface area contributed by atoms with Crippen LogP contribution in [0.2, 0.25) is 0 Å². The van der Waals surface area contributed by atoms with Crippen LogP contribution in [0.25, 0.3) is 0 Å². The third kappa shape index (κ3) is 1.39. The van der Waals surface area contributed by atoms with Crippen molar-refractivity contribution in [3.63, 3.8) is 0 Å². The van der Waals surface area contributed by atoms with Crippen LogP contribution >= 0.6 is 11.6 Å². The lowest BCUT2D eigenvalue weighted by Crippen LogP contribution is -2.25. The first-order chi connectivity index (χ1) is 5.58. The Morgan fingerprint density at radius 2 is 2.08 bits per heavy atom. The van der Waals surface area contributed by atoms with E-state index in [9.17, 15) is 0 Å². The van der Waals surface area contributed by atoms with Gasteiger partial charge in [-0.2, -0.15) is 0 Å². The zero-order valence-corrected chi connectivity index (χ0v) is 8.95. The molecule has 0 saturated heterocycles. The number of rotatable bonds is 1. The molecule has 2 rings (SSSR count). The summed E-state index contributed by atoms with van der Waals surface area (Å²) in [4.78, 5) is 0. The van der Waals surface area contributed by atoms with Gasteiger partial charge >= 0.3 is 0 Å². The Kier molecular flexibility index (Phi) is 1.95. The van der Waals surface area contributed by atoms with Gasteiger partial charge in [0.25, 0.3) is 0 Å². The summed E-state index contributed by atoms with van der Waals surface area (Å²) in [5.41, 5.74) is 1.29. The second kappa shape index (κ2) is 2.64. The van der Waals surface area contributed by atoms with Gasteiger partial charge in [-0.05, 0) is 42.4 Å². The molecule has 12 heavy (non-hydrogen) atoms. The molecule has 70 valence electrons. The molecule has 0 heterocycles. The molecule has 2 saturated carbocycles. The second-order valence-corrected chi connectivity index (χ2v) is 5.92. The Morgan fingerprint density at radius 3 is 2.58 bits per heavy atom. The summed E-state index contributed by atoms with van der Waals surface area (Å²) in [7, 11) is 0. The van der Waals surface area contributed by atoms with Crippen LogP contribution in [-0.2, 0) is 0 Å². The standard InChI is InChI=1S/C11H19Cl/c1-10(2)4-3-5-11(8-10)6-9(11)7-12/h9H,3-8H2,1-2H3. The summed E-state index contributed by atoms with van der Waals surface area (Å²) in [5.74, 6) is 1.76. The fraction of sp³-hybridized carbons (Fsp3) is 1.00. The van der Waals surface area contributed by atoms with Crippen LogP contribution in [0.3, 0.4) is 0 Å². The molecule has 2 atom stereocenters. The van der Waals surface area contributed by atoms with Crippen molar-refractivity contribution < 1.29 is 0 Å². The quantitative estimate of drug-likeness (QED) is 0.546. The normalized spacial score (nSPS) is 44.8. The van der Waals surface area contributed by atoms with Gasteiger partial charge in [-0.25, -0.2) is 0 Å². The van der Waals surface area contributed by atoms with E-state index in [0.29, 0.717) is 10.8 Å². The lowest BCUT2D eigenvalue weighted by Gasteiger charge is -2.36. The zero-order chi connectivity index (χ0) is 8.82. The van der Waals surface area contributed by atoms with E-state index in [0.717, 1.165) is 11.8 Å². The maximum atomic E-state index is 5.91. The van der Waals surface area contributed by atoms with Crippen molar-refractivity contribution in [2.75, 3.05) is 5.88 Å². The van der Waals surface area contributed by atoms with Gasteiger partial charge in [-0.3, -0.25) is 0 Å². The van der Waals surface area contributed by atoms with Crippen molar-refractivity contribution >= 4 is 11.6 Å². The van der Waals surface area contributed by atoms with Crippen LogP contribution in [0.1, 0.15) is 46.0 Å². The topological polar surface area (TPSA) is 0 Å². The molecule has 2 aliphatic carbocycles. The highest BCUT2D eigenvalue weighted by Crippen LogP contribution is 2.65. The van der Waals surface area contributed by atoms with E-state index in [1.165, 1.54) is 32.1 Å². The molecule has 0 bridgehead atoms. The summed E-state index contributed by atoms with van der Waals surface area (Å²) in [5, 5.41) is 0. The van der Waals surface area contributed by atoms with Gasteiger partial charge in [0.1, 0.15) is 0 Å². The van der Waals surface area contributed by atoms with Crippen molar-refractivity contribution in [3.05, 3.63) is 0 Å². The highest BCUT2D eigenvalue weighted by molar-refractivity contribution is 6.18. The smallest absolute Gasteiger partial charge is 0.0257 e. The van der Waals surface area contributed by atoms with E-state index in [1.54, 1.807) is 0 Å². The van der Waals surface area contributed by atoms with E-state index in [2.05, 4.69) is 13.8 Å². The minimum absolute atomic E-state index is 0.596. The molecule has 0 N–H and O–H groups in total. The van der Waals surface area contributed by atoms with Gasteiger partial charge in [0.2, 0.25) is 0 Å². The molecule has 2 aliphatic rings. The molecule has 2 unspecified atom stereocenters. The van der Waals surface area contributed by atoms with Gasteiger partial charge in [0, 0.05) is 5.88 Å². The number of halogens is 1. The molecular formula is C11H19Cl. The molecule has 0 nitrogen and oxygen atoms in total. The van der Waals surface area contributed by atoms with Gasteiger partial charge in [0.15, 0.2) is 0 Å². The Balaban J connectivity index is 2.01.